The second-order valence-electron chi connectivity index (χ2n) is 6.55. The molecule has 13 heteroatoms. The maximum atomic E-state index is 13.5. The Morgan fingerprint density at radius 2 is 2.09 bits per heavy atom. The number of thiocarbonyl (C=S) groups is 1. The molecule has 4 rings (SSSR count). The van der Waals surface area contributed by atoms with Gasteiger partial charge in [-0.2, -0.15) is 5.21 Å². The third-order valence-corrected chi connectivity index (χ3v) is 6.67. The molecule has 0 saturated carbocycles. The number of hydrogen-bond acceptors (Lipinski definition) is 8. The molecule has 1 saturated heterocycles. The van der Waals surface area contributed by atoms with Gasteiger partial charge in [-0.3, -0.25) is 14.5 Å². The average Bonchev–Trinajstić information content (AvgIpc) is 3.50. The van der Waals surface area contributed by atoms with E-state index in [4.69, 9.17) is 12.2 Å². The summed E-state index contributed by atoms with van der Waals surface area (Å²) in [5.74, 6) is -2.03. The minimum Gasteiger partial charge on any atom is -0.349 e. The number of nitrogens with zero attached hydrogens (tertiary/aromatic N) is 4. The second kappa shape index (κ2) is 9.63. The lowest BCUT2D eigenvalue weighted by Crippen LogP contribution is -2.33. The second-order valence-corrected chi connectivity index (χ2v) is 9.17. The molecule has 0 bridgehead atoms. The van der Waals surface area contributed by atoms with Crippen LogP contribution in [0.2, 0.25) is 0 Å². The summed E-state index contributed by atoms with van der Waals surface area (Å²) in [4.78, 5) is 27.3. The van der Waals surface area contributed by atoms with Crippen LogP contribution in [0.5, 0.6) is 0 Å². The number of thioether (sulfide) groups is 1. The van der Waals surface area contributed by atoms with Gasteiger partial charge in [0.25, 0.3) is 5.91 Å². The fraction of sp³-hybridized carbons (Fsp3) is 0.158. The number of rotatable bonds is 7. The van der Waals surface area contributed by atoms with Gasteiger partial charge in [-0.25, -0.2) is 8.78 Å². The van der Waals surface area contributed by atoms with Crippen molar-refractivity contribution in [1.29, 1.82) is 0 Å². The van der Waals surface area contributed by atoms with Gasteiger partial charge in [-0.15, -0.1) is 21.5 Å². The summed E-state index contributed by atoms with van der Waals surface area (Å²) in [7, 11) is 0. The van der Waals surface area contributed by atoms with Crippen molar-refractivity contribution in [3.63, 3.8) is 0 Å². The number of amides is 2. The highest BCUT2D eigenvalue weighted by Crippen LogP contribution is 2.35. The molecule has 3 aromatic rings. The van der Waals surface area contributed by atoms with Crippen molar-refractivity contribution in [2.45, 2.75) is 13.0 Å². The van der Waals surface area contributed by atoms with Gasteiger partial charge in [0.05, 0.1) is 11.4 Å². The lowest BCUT2D eigenvalue weighted by molar-refractivity contribution is -0.124. The van der Waals surface area contributed by atoms with Crippen molar-refractivity contribution in [3.05, 3.63) is 56.9 Å². The first-order valence-electron chi connectivity index (χ1n) is 9.19. The van der Waals surface area contributed by atoms with Gasteiger partial charge in [0.1, 0.15) is 4.32 Å². The molecule has 0 unspecified atom stereocenters. The lowest BCUT2D eigenvalue weighted by atomic mass is 10.1. The number of tetrazole rings is 1. The maximum absolute atomic E-state index is 13.5. The third kappa shape index (κ3) is 5.06. The quantitative estimate of drug-likeness (QED) is 0.386. The molecule has 164 valence electrons. The summed E-state index contributed by atoms with van der Waals surface area (Å²) in [5.41, 5.74) is 1.26. The molecule has 8 nitrogen and oxygen atoms in total. The van der Waals surface area contributed by atoms with E-state index in [-0.39, 0.29) is 31.3 Å². The van der Waals surface area contributed by atoms with Gasteiger partial charge in [-0.1, -0.05) is 35.3 Å². The van der Waals surface area contributed by atoms with Gasteiger partial charge in [0, 0.05) is 17.8 Å². The van der Waals surface area contributed by atoms with Crippen molar-refractivity contribution in [2.24, 2.45) is 0 Å². The van der Waals surface area contributed by atoms with Crippen molar-refractivity contribution < 1.29 is 18.4 Å². The largest absolute Gasteiger partial charge is 0.349 e. The van der Waals surface area contributed by atoms with Crippen LogP contribution in [0, 0.1) is 11.6 Å². The Bertz CT molecular complexity index is 1210. The minimum atomic E-state index is -0.919. The third-order valence-electron chi connectivity index (χ3n) is 4.41. The van der Waals surface area contributed by atoms with Gasteiger partial charge >= 0.3 is 0 Å². The van der Waals surface area contributed by atoms with E-state index in [0.29, 0.717) is 26.2 Å². The molecule has 1 fully saturated rings. The summed E-state index contributed by atoms with van der Waals surface area (Å²) >= 11 is 7.81. The van der Waals surface area contributed by atoms with E-state index in [1.807, 2.05) is 0 Å². The highest BCUT2D eigenvalue weighted by atomic mass is 32.2. The van der Waals surface area contributed by atoms with Crippen LogP contribution in [0.25, 0.3) is 17.2 Å². The van der Waals surface area contributed by atoms with Gasteiger partial charge in [0.2, 0.25) is 5.91 Å². The van der Waals surface area contributed by atoms with Crippen molar-refractivity contribution >= 4 is 57.5 Å². The summed E-state index contributed by atoms with van der Waals surface area (Å²) in [6.07, 6.45) is 1.76. The first-order chi connectivity index (χ1) is 15.4. The van der Waals surface area contributed by atoms with Crippen LogP contribution in [0.15, 0.2) is 34.6 Å². The topological polar surface area (TPSA) is 104 Å². The summed E-state index contributed by atoms with van der Waals surface area (Å²) in [5, 5.41) is 17.6. The number of benzene rings is 1. The number of nitrogens with one attached hydrogen (secondary N) is 2. The number of thiophene rings is 1. The number of hydrogen-bond donors (Lipinski definition) is 2. The molecule has 0 atom stereocenters. The van der Waals surface area contributed by atoms with Crippen LogP contribution < -0.4 is 5.32 Å². The first-order valence-corrected chi connectivity index (χ1v) is 11.3. The number of halogens is 2. The highest BCUT2D eigenvalue weighted by molar-refractivity contribution is 8.26. The molecule has 0 radical (unpaired) electrons. The Morgan fingerprint density at radius 3 is 2.84 bits per heavy atom. The maximum Gasteiger partial charge on any atom is 0.266 e. The average molecular weight is 493 g/mol. The molecule has 2 N–H and O–H groups in total. The van der Waals surface area contributed by atoms with Gasteiger partial charge in [-0.05, 0) is 40.8 Å². The SMILES string of the molecule is O=C(CCN1C(=O)C(=Cc2cc(-c3ccc(F)c(F)c3)cs2)SC1=S)NCc1nn[nH]n1. The van der Waals surface area contributed by atoms with E-state index in [0.717, 1.165) is 28.8 Å². The van der Waals surface area contributed by atoms with E-state index in [1.165, 1.54) is 22.3 Å². The van der Waals surface area contributed by atoms with Crippen LogP contribution in [-0.2, 0) is 16.1 Å². The Morgan fingerprint density at radius 1 is 1.25 bits per heavy atom. The summed E-state index contributed by atoms with van der Waals surface area (Å²) < 4.78 is 27.0. The zero-order chi connectivity index (χ0) is 22.7. The first kappa shape index (κ1) is 22.2. The fourth-order valence-electron chi connectivity index (χ4n) is 2.81. The molecule has 2 amide bonds. The molecule has 1 aliphatic rings. The number of aromatic nitrogens is 4. The molecule has 2 aromatic heterocycles. The number of aromatic amines is 1. The number of carbonyl (C=O) groups is 2. The Kier molecular flexibility index (Phi) is 6.67. The molecule has 32 heavy (non-hydrogen) atoms. The van der Waals surface area contributed by atoms with Crippen molar-refractivity contribution in [3.8, 4) is 11.1 Å². The van der Waals surface area contributed by atoms with Crippen LogP contribution in [0.3, 0.4) is 0 Å². The smallest absolute Gasteiger partial charge is 0.266 e. The fourth-order valence-corrected chi connectivity index (χ4v) is 5.04. The minimum absolute atomic E-state index is 0.0663. The van der Waals surface area contributed by atoms with E-state index in [1.54, 1.807) is 17.5 Å². The Balaban J connectivity index is 1.37. The lowest BCUT2D eigenvalue weighted by Gasteiger charge is -2.13. The summed E-state index contributed by atoms with van der Waals surface area (Å²) in [6.45, 7) is 0.275. The zero-order valence-corrected chi connectivity index (χ0v) is 18.6. The number of H-pyrrole nitrogens is 1. The molecule has 1 aromatic carbocycles. The van der Waals surface area contributed by atoms with Crippen LogP contribution in [-0.4, -0.2) is 48.2 Å². The van der Waals surface area contributed by atoms with Gasteiger partial charge in [0.15, 0.2) is 17.5 Å². The van der Waals surface area contributed by atoms with Crippen molar-refractivity contribution in [2.75, 3.05) is 6.54 Å². The van der Waals surface area contributed by atoms with Crippen LogP contribution in [0.1, 0.15) is 17.1 Å². The zero-order valence-electron chi connectivity index (χ0n) is 16.2. The normalized spacial score (nSPS) is 15.1. The molecule has 1 aliphatic heterocycles. The van der Waals surface area contributed by atoms with E-state index in [2.05, 4.69) is 25.9 Å². The molecule has 0 aliphatic carbocycles. The monoisotopic (exact) mass is 492 g/mol. The van der Waals surface area contributed by atoms with E-state index >= 15 is 0 Å². The van der Waals surface area contributed by atoms with Crippen LogP contribution >= 0.6 is 35.3 Å². The Labute approximate surface area is 194 Å². The van der Waals surface area contributed by atoms with Gasteiger partial charge < -0.3 is 5.32 Å². The van der Waals surface area contributed by atoms with E-state index < -0.39 is 11.6 Å². The van der Waals surface area contributed by atoms with Crippen molar-refractivity contribution in [1.82, 2.24) is 30.8 Å². The van der Waals surface area contributed by atoms with Crippen LogP contribution in [0.4, 0.5) is 8.78 Å². The molecular weight excluding hydrogens is 478 g/mol. The highest BCUT2D eigenvalue weighted by Gasteiger charge is 2.32. The molecular formula is C19H14F2N6O2S3. The number of carbonyl (C=O) groups excluding carboxylic acids is 2. The predicted octanol–water partition coefficient (Wildman–Crippen LogP) is 3.11. The summed E-state index contributed by atoms with van der Waals surface area (Å²) in [6, 6.07) is 5.48. The molecule has 3 heterocycles. The molecule has 0 spiro atoms. The predicted molar refractivity (Wildman–Crippen MR) is 120 cm³/mol. The Hall–Kier alpha value is -3.03. The standard InChI is InChI=1S/C19H14F2N6O2S3/c20-13-2-1-10(6-14(13)21)11-5-12(31-9-11)7-15-18(29)27(19(30)32-15)4-3-17(28)22-8-16-23-25-26-24-16/h1-2,5-7,9H,3-4,8H2,(H,22,28)(H,23,24,25,26). The van der Waals surface area contributed by atoms with E-state index in [9.17, 15) is 18.4 Å².